The van der Waals surface area contributed by atoms with Crippen molar-refractivity contribution in [2.45, 2.75) is 32.1 Å². The molecule has 1 amide bonds. The van der Waals surface area contributed by atoms with Crippen molar-refractivity contribution in [2.24, 2.45) is 5.92 Å². The number of hydrogen-bond acceptors (Lipinski definition) is 4. The van der Waals surface area contributed by atoms with Crippen LogP contribution >= 0.6 is 0 Å². The molecule has 1 heterocycles. The van der Waals surface area contributed by atoms with Crippen molar-refractivity contribution in [1.82, 2.24) is 10.6 Å². The minimum Gasteiger partial charge on any atom is -0.382 e. The average molecular weight is 272 g/mol. The van der Waals surface area contributed by atoms with Crippen molar-refractivity contribution in [3.05, 3.63) is 0 Å². The van der Waals surface area contributed by atoms with Crippen LogP contribution in [0.1, 0.15) is 32.1 Å². The van der Waals surface area contributed by atoms with E-state index in [9.17, 15) is 4.79 Å². The molecule has 0 unspecified atom stereocenters. The Labute approximate surface area is 116 Å². The largest absolute Gasteiger partial charge is 0.382 e. The van der Waals surface area contributed by atoms with E-state index in [1.165, 1.54) is 12.8 Å². The van der Waals surface area contributed by atoms with Gasteiger partial charge < -0.3 is 20.1 Å². The number of carbonyl (C=O) groups excluding carboxylic acids is 1. The second-order valence-corrected chi connectivity index (χ2v) is 5.04. The van der Waals surface area contributed by atoms with Crippen molar-refractivity contribution in [3.8, 4) is 0 Å². The SMILES string of the molecule is COCCOCCCNC(=O)CCC1CCNCC1. The quantitative estimate of drug-likeness (QED) is 0.581. The van der Waals surface area contributed by atoms with Gasteiger partial charge in [-0.2, -0.15) is 0 Å². The third-order valence-corrected chi connectivity index (χ3v) is 3.46. The molecule has 1 aliphatic rings. The fraction of sp³-hybridized carbons (Fsp3) is 0.929. The van der Waals surface area contributed by atoms with Gasteiger partial charge in [-0.1, -0.05) is 0 Å². The van der Waals surface area contributed by atoms with Crippen molar-refractivity contribution >= 4 is 5.91 Å². The molecule has 0 aromatic rings. The standard InChI is InChI=1S/C14H28N2O3/c1-18-11-12-19-10-2-7-16-14(17)4-3-13-5-8-15-9-6-13/h13,15H,2-12H2,1H3,(H,16,17). The van der Waals surface area contributed by atoms with Gasteiger partial charge in [0.05, 0.1) is 13.2 Å². The highest BCUT2D eigenvalue weighted by Crippen LogP contribution is 2.17. The first-order chi connectivity index (χ1) is 9.33. The number of methoxy groups -OCH3 is 1. The molecule has 1 fully saturated rings. The van der Waals surface area contributed by atoms with Crippen molar-refractivity contribution < 1.29 is 14.3 Å². The van der Waals surface area contributed by atoms with Crippen LogP contribution in [0, 0.1) is 5.92 Å². The first-order valence-electron chi connectivity index (χ1n) is 7.37. The monoisotopic (exact) mass is 272 g/mol. The zero-order valence-electron chi connectivity index (χ0n) is 12.1. The Morgan fingerprint density at radius 2 is 2.05 bits per heavy atom. The van der Waals surface area contributed by atoms with Gasteiger partial charge in [-0.15, -0.1) is 0 Å². The molecule has 2 N–H and O–H groups in total. The Morgan fingerprint density at radius 3 is 2.79 bits per heavy atom. The first kappa shape index (κ1) is 16.4. The van der Waals surface area contributed by atoms with Crippen LogP contribution in [-0.2, 0) is 14.3 Å². The van der Waals surface area contributed by atoms with Gasteiger partial charge in [-0.3, -0.25) is 4.79 Å². The van der Waals surface area contributed by atoms with Crippen LogP contribution in [0.25, 0.3) is 0 Å². The maximum Gasteiger partial charge on any atom is 0.220 e. The van der Waals surface area contributed by atoms with Crippen LogP contribution < -0.4 is 10.6 Å². The first-order valence-corrected chi connectivity index (χ1v) is 7.37. The van der Waals surface area contributed by atoms with Crippen LogP contribution in [0.5, 0.6) is 0 Å². The highest BCUT2D eigenvalue weighted by atomic mass is 16.5. The lowest BCUT2D eigenvalue weighted by Crippen LogP contribution is -2.30. The van der Waals surface area contributed by atoms with Crippen LogP contribution in [0.3, 0.4) is 0 Å². The molecule has 0 radical (unpaired) electrons. The van der Waals surface area contributed by atoms with Crippen molar-refractivity contribution in [2.75, 3.05) is 46.6 Å². The Balaban J connectivity index is 1.87. The number of rotatable bonds is 10. The number of piperidine rings is 1. The molecule has 0 saturated carbocycles. The van der Waals surface area contributed by atoms with E-state index in [1.54, 1.807) is 7.11 Å². The van der Waals surface area contributed by atoms with Crippen LogP contribution in [0.4, 0.5) is 0 Å². The molecule has 1 saturated heterocycles. The summed E-state index contributed by atoms with van der Waals surface area (Å²) in [5, 5.41) is 6.29. The van der Waals surface area contributed by atoms with Gasteiger partial charge in [0.15, 0.2) is 0 Å². The fourth-order valence-electron chi connectivity index (χ4n) is 2.24. The molecule has 5 heteroatoms. The molecule has 0 bridgehead atoms. The summed E-state index contributed by atoms with van der Waals surface area (Å²) in [6, 6.07) is 0. The fourth-order valence-corrected chi connectivity index (χ4v) is 2.24. The lowest BCUT2D eigenvalue weighted by Gasteiger charge is -2.22. The molecule has 112 valence electrons. The second kappa shape index (κ2) is 11.2. The zero-order chi connectivity index (χ0) is 13.8. The van der Waals surface area contributed by atoms with Gasteiger partial charge in [0.1, 0.15) is 0 Å². The second-order valence-electron chi connectivity index (χ2n) is 5.04. The van der Waals surface area contributed by atoms with Crippen LogP contribution in [0.2, 0.25) is 0 Å². The third-order valence-electron chi connectivity index (χ3n) is 3.46. The molecule has 0 atom stereocenters. The molecule has 0 aliphatic carbocycles. The normalized spacial score (nSPS) is 16.5. The molecule has 1 aliphatic heterocycles. The lowest BCUT2D eigenvalue weighted by atomic mass is 9.93. The van der Waals surface area contributed by atoms with Gasteiger partial charge in [0, 0.05) is 26.7 Å². The maximum absolute atomic E-state index is 11.6. The Kier molecular flexibility index (Phi) is 9.67. The molecule has 5 nitrogen and oxygen atoms in total. The predicted octanol–water partition coefficient (Wildman–Crippen LogP) is 0.935. The molecule has 0 spiro atoms. The number of hydrogen-bond donors (Lipinski definition) is 2. The highest BCUT2D eigenvalue weighted by Gasteiger charge is 2.14. The summed E-state index contributed by atoms with van der Waals surface area (Å²) in [6.45, 7) is 4.84. The van der Waals surface area contributed by atoms with Crippen LogP contribution in [-0.4, -0.2) is 52.5 Å². The summed E-state index contributed by atoms with van der Waals surface area (Å²) in [5.41, 5.74) is 0. The summed E-state index contributed by atoms with van der Waals surface area (Å²) in [5.74, 6) is 0.903. The molecule has 0 aromatic carbocycles. The summed E-state index contributed by atoms with van der Waals surface area (Å²) in [7, 11) is 1.66. The Hall–Kier alpha value is -0.650. The van der Waals surface area contributed by atoms with Crippen LogP contribution in [0.15, 0.2) is 0 Å². The minimum absolute atomic E-state index is 0.176. The molecule has 0 aromatic heterocycles. The highest BCUT2D eigenvalue weighted by molar-refractivity contribution is 5.75. The van der Waals surface area contributed by atoms with E-state index >= 15 is 0 Å². The van der Waals surface area contributed by atoms with Crippen molar-refractivity contribution in [3.63, 3.8) is 0 Å². The van der Waals surface area contributed by atoms with Gasteiger partial charge in [0.25, 0.3) is 0 Å². The molecular weight excluding hydrogens is 244 g/mol. The summed E-state index contributed by atoms with van der Waals surface area (Å²) in [4.78, 5) is 11.6. The predicted molar refractivity (Wildman–Crippen MR) is 75.1 cm³/mol. The van der Waals surface area contributed by atoms with Gasteiger partial charge >= 0.3 is 0 Å². The lowest BCUT2D eigenvalue weighted by molar-refractivity contribution is -0.121. The molecule has 19 heavy (non-hydrogen) atoms. The number of nitrogens with one attached hydrogen (secondary N) is 2. The van der Waals surface area contributed by atoms with E-state index in [0.29, 0.717) is 32.8 Å². The van der Waals surface area contributed by atoms with E-state index < -0.39 is 0 Å². The number of carbonyl (C=O) groups is 1. The number of amides is 1. The summed E-state index contributed by atoms with van der Waals surface area (Å²) < 4.78 is 10.2. The van der Waals surface area contributed by atoms with Crippen molar-refractivity contribution in [1.29, 1.82) is 0 Å². The third kappa shape index (κ3) is 8.97. The summed E-state index contributed by atoms with van der Waals surface area (Å²) >= 11 is 0. The Bertz CT molecular complexity index is 231. The molecule has 1 rings (SSSR count). The van der Waals surface area contributed by atoms with E-state index in [0.717, 1.165) is 31.8 Å². The van der Waals surface area contributed by atoms with Gasteiger partial charge in [-0.05, 0) is 44.7 Å². The zero-order valence-corrected chi connectivity index (χ0v) is 12.1. The Morgan fingerprint density at radius 1 is 1.26 bits per heavy atom. The van der Waals surface area contributed by atoms with E-state index in [1.807, 2.05) is 0 Å². The van der Waals surface area contributed by atoms with E-state index in [2.05, 4.69) is 10.6 Å². The maximum atomic E-state index is 11.6. The minimum atomic E-state index is 0.176. The number of ether oxygens (including phenoxy) is 2. The smallest absolute Gasteiger partial charge is 0.220 e. The summed E-state index contributed by atoms with van der Waals surface area (Å²) in [6.07, 6.45) is 4.97. The average Bonchev–Trinajstić information content (AvgIpc) is 2.45. The van der Waals surface area contributed by atoms with E-state index in [-0.39, 0.29) is 5.91 Å². The van der Waals surface area contributed by atoms with Gasteiger partial charge in [-0.25, -0.2) is 0 Å². The molecular formula is C14H28N2O3. The topological polar surface area (TPSA) is 59.6 Å². The van der Waals surface area contributed by atoms with Gasteiger partial charge in [0.2, 0.25) is 5.91 Å². The van der Waals surface area contributed by atoms with E-state index in [4.69, 9.17) is 9.47 Å².